The van der Waals surface area contributed by atoms with Crippen molar-refractivity contribution < 1.29 is 4.79 Å². The first kappa shape index (κ1) is 18.0. The molecular weight excluding hydrogens is 346 g/mol. The number of fused-ring (bicyclic) bond motifs is 1. The van der Waals surface area contributed by atoms with Crippen LogP contribution in [-0.4, -0.2) is 10.9 Å². The number of carbonyl (C=O) groups is 1. The van der Waals surface area contributed by atoms with Crippen molar-refractivity contribution in [3.8, 4) is 11.1 Å². The fourth-order valence-corrected chi connectivity index (χ4v) is 3.72. The zero-order valence-electron chi connectivity index (χ0n) is 15.9. The third-order valence-corrected chi connectivity index (χ3v) is 5.10. The topological polar surface area (TPSA) is 68.0 Å². The number of nitrogens with zero attached hydrogens (tertiary/aromatic N) is 1. The Hall–Kier alpha value is -3.40. The number of anilines is 1. The van der Waals surface area contributed by atoms with Gasteiger partial charge in [-0.05, 0) is 53.8 Å². The first-order valence-electron chi connectivity index (χ1n) is 9.48. The van der Waals surface area contributed by atoms with Gasteiger partial charge in [0.1, 0.15) is 5.82 Å². The summed E-state index contributed by atoms with van der Waals surface area (Å²) in [4.78, 5) is 15.9. The molecule has 0 saturated heterocycles. The van der Waals surface area contributed by atoms with Crippen LogP contribution in [0.1, 0.15) is 35.6 Å². The number of benzene rings is 2. The number of pyridine rings is 1. The third kappa shape index (κ3) is 3.67. The Morgan fingerprint density at radius 2 is 1.93 bits per heavy atom. The molecule has 0 saturated carbocycles. The molecule has 0 aliphatic carbocycles. The number of nitrogens with two attached hydrogens (primary N) is 1. The van der Waals surface area contributed by atoms with E-state index in [2.05, 4.69) is 65.8 Å². The van der Waals surface area contributed by atoms with Crippen molar-refractivity contribution in [1.29, 1.82) is 0 Å². The minimum Gasteiger partial charge on any atom is -0.370 e. The van der Waals surface area contributed by atoms with E-state index in [1.165, 1.54) is 22.3 Å². The normalized spacial score (nSPS) is 15.3. The van der Waals surface area contributed by atoms with E-state index in [1.807, 2.05) is 18.2 Å². The van der Waals surface area contributed by atoms with E-state index < -0.39 is 0 Å². The maximum atomic E-state index is 11.4. The molecule has 1 unspecified atom stereocenters. The van der Waals surface area contributed by atoms with E-state index in [0.29, 0.717) is 12.8 Å². The quantitative estimate of drug-likeness (QED) is 0.674. The van der Waals surface area contributed by atoms with Gasteiger partial charge in [-0.1, -0.05) is 54.1 Å². The van der Waals surface area contributed by atoms with Crippen molar-refractivity contribution in [2.45, 2.75) is 25.8 Å². The van der Waals surface area contributed by atoms with Gasteiger partial charge in [-0.25, -0.2) is 4.98 Å². The standard InChI is InChI=1S/C24H23N3O/c1-16-9-11-20(21(14-16)17-6-3-2-4-7-17)23-18(10-12-22(25)28)15-19-8-5-13-26-24(19)27-23/h2-9,11,13-15,23H,10,12H2,1H3,(H2,25,28)(H,26,27). The van der Waals surface area contributed by atoms with E-state index in [0.717, 1.165) is 17.0 Å². The van der Waals surface area contributed by atoms with E-state index in [9.17, 15) is 4.79 Å². The maximum Gasteiger partial charge on any atom is 0.217 e. The highest BCUT2D eigenvalue weighted by molar-refractivity contribution is 5.78. The summed E-state index contributed by atoms with van der Waals surface area (Å²) < 4.78 is 0. The zero-order valence-corrected chi connectivity index (χ0v) is 15.9. The second-order valence-electron chi connectivity index (χ2n) is 7.16. The smallest absolute Gasteiger partial charge is 0.217 e. The molecule has 28 heavy (non-hydrogen) atoms. The Morgan fingerprint density at radius 1 is 1.11 bits per heavy atom. The summed E-state index contributed by atoms with van der Waals surface area (Å²) in [5.74, 6) is 0.568. The third-order valence-electron chi connectivity index (χ3n) is 5.10. The van der Waals surface area contributed by atoms with Crippen LogP contribution in [0.4, 0.5) is 5.82 Å². The molecule has 0 radical (unpaired) electrons. The van der Waals surface area contributed by atoms with Gasteiger partial charge < -0.3 is 11.1 Å². The van der Waals surface area contributed by atoms with Gasteiger partial charge in [0.25, 0.3) is 0 Å². The van der Waals surface area contributed by atoms with Gasteiger partial charge in [0, 0.05) is 18.2 Å². The molecule has 0 fully saturated rings. The number of carbonyl (C=O) groups excluding carboxylic acids is 1. The molecule has 4 rings (SSSR count). The summed E-state index contributed by atoms with van der Waals surface area (Å²) in [7, 11) is 0. The van der Waals surface area contributed by atoms with E-state index >= 15 is 0 Å². The summed E-state index contributed by atoms with van der Waals surface area (Å²) in [6.45, 7) is 2.10. The number of aryl methyl sites for hydroxylation is 1. The maximum absolute atomic E-state index is 11.4. The number of amides is 1. The van der Waals surface area contributed by atoms with Gasteiger partial charge in [-0.3, -0.25) is 4.79 Å². The van der Waals surface area contributed by atoms with E-state index in [-0.39, 0.29) is 11.9 Å². The van der Waals surface area contributed by atoms with Gasteiger partial charge in [0.2, 0.25) is 5.91 Å². The number of hydrogen-bond acceptors (Lipinski definition) is 3. The fraction of sp³-hybridized carbons (Fsp3) is 0.167. The lowest BCUT2D eigenvalue weighted by atomic mass is 9.85. The Labute approximate surface area is 165 Å². The van der Waals surface area contributed by atoms with Crippen molar-refractivity contribution in [3.05, 3.63) is 89.1 Å². The Bertz CT molecular complexity index is 1040. The van der Waals surface area contributed by atoms with E-state index in [1.54, 1.807) is 6.20 Å². The predicted molar refractivity (Wildman–Crippen MR) is 114 cm³/mol. The van der Waals surface area contributed by atoms with Crippen molar-refractivity contribution in [2.75, 3.05) is 5.32 Å². The van der Waals surface area contributed by atoms with Crippen LogP contribution < -0.4 is 11.1 Å². The summed E-state index contributed by atoms with van der Waals surface area (Å²) in [5, 5.41) is 3.59. The average molecular weight is 369 g/mol. The molecule has 140 valence electrons. The monoisotopic (exact) mass is 369 g/mol. The highest BCUT2D eigenvalue weighted by atomic mass is 16.1. The molecule has 2 aromatic carbocycles. The van der Waals surface area contributed by atoms with Gasteiger partial charge in [0.05, 0.1) is 6.04 Å². The second-order valence-corrected chi connectivity index (χ2v) is 7.16. The number of rotatable bonds is 5. The summed E-state index contributed by atoms with van der Waals surface area (Å²) >= 11 is 0. The molecule has 2 heterocycles. The number of primary amides is 1. The van der Waals surface area contributed by atoms with Crippen LogP contribution in [0.3, 0.4) is 0 Å². The van der Waals surface area contributed by atoms with Gasteiger partial charge >= 0.3 is 0 Å². The van der Waals surface area contributed by atoms with Crippen molar-refractivity contribution >= 4 is 17.8 Å². The first-order chi connectivity index (χ1) is 13.6. The number of hydrogen-bond donors (Lipinski definition) is 2. The second kappa shape index (κ2) is 7.69. The lowest BCUT2D eigenvalue weighted by molar-refractivity contribution is -0.117. The van der Waals surface area contributed by atoms with Crippen LogP contribution >= 0.6 is 0 Å². The van der Waals surface area contributed by atoms with Gasteiger partial charge in [0.15, 0.2) is 0 Å². The number of nitrogens with one attached hydrogen (secondary N) is 1. The largest absolute Gasteiger partial charge is 0.370 e. The molecule has 3 aromatic rings. The van der Waals surface area contributed by atoms with Crippen LogP contribution in [0.15, 0.2) is 72.4 Å². The Balaban J connectivity index is 1.82. The summed E-state index contributed by atoms with van der Waals surface area (Å²) in [6.07, 6.45) is 4.87. The van der Waals surface area contributed by atoms with Crippen molar-refractivity contribution in [1.82, 2.24) is 4.98 Å². The molecule has 1 aliphatic rings. The van der Waals surface area contributed by atoms with Crippen molar-refractivity contribution in [2.24, 2.45) is 5.73 Å². The average Bonchev–Trinajstić information content (AvgIpc) is 2.72. The predicted octanol–water partition coefficient (Wildman–Crippen LogP) is 4.87. The summed E-state index contributed by atoms with van der Waals surface area (Å²) in [6, 6.07) is 20.8. The van der Waals surface area contributed by atoms with Gasteiger partial charge in [-0.2, -0.15) is 0 Å². The lowest BCUT2D eigenvalue weighted by Gasteiger charge is -2.30. The minimum absolute atomic E-state index is 0.0578. The van der Waals surface area contributed by atoms with Crippen LogP contribution in [0, 0.1) is 6.92 Å². The number of aromatic nitrogens is 1. The molecule has 0 bridgehead atoms. The molecule has 1 atom stereocenters. The summed E-state index contributed by atoms with van der Waals surface area (Å²) in [5.41, 5.74) is 12.3. The molecule has 1 aliphatic heterocycles. The minimum atomic E-state index is -0.288. The van der Waals surface area contributed by atoms with Crippen LogP contribution in [0.5, 0.6) is 0 Å². The highest BCUT2D eigenvalue weighted by Gasteiger charge is 2.25. The molecule has 1 amide bonds. The SMILES string of the molecule is Cc1ccc(C2Nc3ncccc3C=C2CCC(N)=O)c(-c2ccccc2)c1. The zero-order chi connectivity index (χ0) is 19.5. The highest BCUT2D eigenvalue weighted by Crippen LogP contribution is 2.40. The molecule has 4 nitrogen and oxygen atoms in total. The molecule has 4 heteroatoms. The lowest BCUT2D eigenvalue weighted by Crippen LogP contribution is -2.21. The Kier molecular flexibility index (Phi) is 4.94. The molecule has 1 aromatic heterocycles. The Morgan fingerprint density at radius 3 is 2.71 bits per heavy atom. The molecular formula is C24H23N3O. The van der Waals surface area contributed by atoms with Crippen molar-refractivity contribution in [3.63, 3.8) is 0 Å². The molecule has 3 N–H and O–H groups in total. The van der Waals surface area contributed by atoms with Crippen LogP contribution in [0.25, 0.3) is 17.2 Å². The van der Waals surface area contributed by atoms with Gasteiger partial charge in [-0.15, -0.1) is 0 Å². The van der Waals surface area contributed by atoms with Crippen LogP contribution in [-0.2, 0) is 4.79 Å². The van der Waals surface area contributed by atoms with E-state index in [4.69, 9.17) is 5.73 Å². The first-order valence-corrected chi connectivity index (χ1v) is 9.48. The van der Waals surface area contributed by atoms with Crippen LogP contribution in [0.2, 0.25) is 0 Å². The fourth-order valence-electron chi connectivity index (χ4n) is 3.72. The molecule has 0 spiro atoms.